The topological polar surface area (TPSA) is 82.5 Å². The number of amides is 2. The second-order valence-electron chi connectivity index (χ2n) is 8.30. The molecule has 6 nitrogen and oxygen atoms in total. The molecule has 34 heavy (non-hydrogen) atoms. The van der Waals surface area contributed by atoms with E-state index in [-0.39, 0.29) is 32.8 Å². The summed E-state index contributed by atoms with van der Waals surface area (Å²) in [5, 5.41) is 13.0. The highest BCUT2D eigenvalue weighted by molar-refractivity contribution is 7.11. The van der Waals surface area contributed by atoms with E-state index in [9.17, 15) is 14.7 Å². The SMILES string of the molecule is CCc1ccc(N(C(=O)c2nsc(Cl)c2Cl)C(C(=O)NC2CCCC2)c2ccc(O)cc2)cc1. The van der Waals surface area contributed by atoms with E-state index in [2.05, 4.69) is 9.69 Å². The molecule has 3 aromatic rings. The monoisotopic (exact) mass is 517 g/mol. The molecule has 1 heterocycles. The van der Waals surface area contributed by atoms with Gasteiger partial charge in [-0.25, -0.2) is 0 Å². The van der Waals surface area contributed by atoms with Crippen LogP contribution in [0.15, 0.2) is 48.5 Å². The number of aryl methyl sites for hydroxylation is 1. The molecule has 178 valence electrons. The molecule has 0 saturated heterocycles. The number of anilines is 1. The van der Waals surface area contributed by atoms with E-state index in [0.29, 0.717) is 11.3 Å². The molecule has 4 rings (SSSR count). The average molecular weight is 518 g/mol. The molecule has 9 heteroatoms. The summed E-state index contributed by atoms with van der Waals surface area (Å²) in [5.74, 6) is -0.766. The predicted molar refractivity (Wildman–Crippen MR) is 136 cm³/mol. The molecule has 0 spiro atoms. The van der Waals surface area contributed by atoms with E-state index in [1.807, 2.05) is 31.2 Å². The van der Waals surface area contributed by atoms with Crippen LogP contribution in [-0.4, -0.2) is 27.3 Å². The van der Waals surface area contributed by atoms with Crippen molar-refractivity contribution >= 4 is 52.2 Å². The highest BCUT2D eigenvalue weighted by Crippen LogP contribution is 2.35. The number of hydrogen-bond acceptors (Lipinski definition) is 5. The average Bonchev–Trinajstić information content (AvgIpc) is 3.47. The normalized spacial score (nSPS) is 14.7. The number of carbonyl (C=O) groups excluding carboxylic acids is 2. The number of phenolic OH excluding ortho intramolecular Hbond substituents is 1. The van der Waals surface area contributed by atoms with Crippen LogP contribution < -0.4 is 10.2 Å². The first-order chi connectivity index (χ1) is 16.4. The van der Waals surface area contributed by atoms with Crippen molar-refractivity contribution in [3.05, 3.63) is 74.7 Å². The summed E-state index contributed by atoms with van der Waals surface area (Å²) in [7, 11) is 0. The highest BCUT2D eigenvalue weighted by atomic mass is 35.5. The van der Waals surface area contributed by atoms with Gasteiger partial charge < -0.3 is 10.4 Å². The minimum Gasteiger partial charge on any atom is -0.508 e. The van der Waals surface area contributed by atoms with Crippen molar-refractivity contribution in [2.24, 2.45) is 0 Å². The number of nitrogens with one attached hydrogen (secondary N) is 1. The van der Waals surface area contributed by atoms with Crippen molar-refractivity contribution in [2.75, 3.05) is 4.90 Å². The number of aromatic nitrogens is 1. The smallest absolute Gasteiger partial charge is 0.280 e. The first-order valence-corrected chi connectivity index (χ1v) is 12.7. The minimum absolute atomic E-state index is 0.00585. The first kappa shape index (κ1) is 24.5. The third-order valence-electron chi connectivity index (χ3n) is 6.06. The number of aromatic hydroxyl groups is 1. The number of phenols is 1. The lowest BCUT2D eigenvalue weighted by Crippen LogP contribution is -2.46. The fourth-order valence-corrected chi connectivity index (χ4v) is 5.19. The van der Waals surface area contributed by atoms with Crippen molar-refractivity contribution in [1.29, 1.82) is 0 Å². The predicted octanol–water partition coefficient (Wildman–Crippen LogP) is 6.16. The van der Waals surface area contributed by atoms with Crippen molar-refractivity contribution in [1.82, 2.24) is 9.69 Å². The van der Waals surface area contributed by atoms with Crippen LogP contribution in [0.5, 0.6) is 5.75 Å². The van der Waals surface area contributed by atoms with Gasteiger partial charge in [0.15, 0.2) is 5.69 Å². The molecule has 1 unspecified atom stereocenters. The maximum absolute atomic E-state index is 13.9. The Labute approximate surface area is 212 Å². The summed E-state index contributed by atoms with van der Waals surface area (Å²) >= 11 is 13.3. The number of carbonyl (C=O) groups is 2. The Morgan fingerprint density at radius 3 is 2.32 bits per heavy atom. The van der Waals surface area contributed by atoms with Gasteiger partial charge in [-0.15, -0.1) is 0 Å². The number of rotatable bonds is 7. The molecule has 0 bridgehead atoms. The molecule has 2 amide bonds. The van der Waals surface area contributed by atoms with Gasteiger partial charge >= 0.3 is 0 Å². The van der Waals surface area contributed by atoms with Crippen LogP contribution in [0.25, 0.3) is 0 Å². The van der Waals surface area contributed by atoms with Gasteiger partial charge in [0, 0.05) is 11.7 Å². The fourth-order valence-electron chi connectivity index (χ4n) is 4.21. The third-order valence-corrected chi connectivity index (χ3v) is 7.67. The molecule has 1 aliphatic rings. The lowest BCUT2D eigenvalue weighted by Gasteiger charge is -2.32. The van der Waals surface area contributed by atoms with Crippen LogP contribution >= 0.6 is 34.7 Å². The van der Waals surface area contributed by atoms with E-state index in [1.165, 1.54) is 17.0 Å². The van der Waals surface area contributed by atoms with E-state index in [1.54, 1.807) is 12.1 Å². The van der Waals surface area contributed by atoms with E-state index < -0.39 is 11.9 Å². The van der Waals surface area contributed by atoms with Gasteiger partial charge in [-0.2, -0.15) is 4.37 Å². The molecule has 1 aliphatic carbocycles. The second-order valence-corrected chi connectivity index (χ2v) is 10.1. The molecule has 1 saturated carbocycles. The Morgan fingerprint density at radius 1 is 1.12 bits per heavy atom. The molecular formula is C25H25Cl2N3O3S. The quantitative estimate of drug-likeness (QED) is 0.392. The summed E-state index contributed by atoms with van der Waals surface area (Å²) in [6, 6.07) is 12.8. The van der Waals surface area contributed by atoms with E-state index in [4.69, 9.17) is 23.2 Å². The Kier molecular flexibility index (Phi) is 7.76. The van der Waals surface area contributed by atoms with Gasteiger partial charge in [-0.3, -0.25) is 14.5 Å². The molecule has 1 fully saturated rings. The van der Waals surface area contributed by atoms with Gasteiger partial charge in [0.2, 0.25) is 5.91 Å². The van der Waals surface area contributed by atoms with Crippen LogP contribution in [0.1, 0.15) is 60.3 Å². The standard InChI is InChI=1S/C25H25Cl2N3O3S/c1-2-15-7-11-18(12-8-15)30(25(33)21-20(26)23(27)34-29-21)22(16-9-13-19(31)14-10-16)24(32)28-17-5-3-4-6-17/h7-14,17,22,31H,2-6H2,1H3,(H,28,32). The second kappa shape index (κ2) is 10.8. The zero-order valence-corrected chi connectivity index (χ0v) is 21.0. The molecule has 0 radical (unpaired) electrons. The van der Waals surface area contributed by atoms with Crippen LogP contribution in [-0.2, 0) is 11.2 Å². The number of halogens is 2. The molecule has 1 atom stereocenters. The first-order valence-electron chi connectivity index (χ1n) is 11.2. The van der Waals surface area contributed by atoms with E-state index in [0.717, 1.165) is 49.2 Å². The van der Waals surface area contributed by atoms with Crippen molar-refractivity contribution < 1.29 is 14.7 Å². The van der Waals surface area contributed by atoms with Crippen LogP contribution in [0.3, 0.4) is 0 Å². The maximum Gasteiger partial charge on any atom is 0.280 e. The number of hydrogen-bond donors (Lipinski definition) is 2. The van der Waals surface area contributed by atoms with Gasteiger partial charge in [0.25, 0.3) is 5.91 Å². The number of nitrogens with zero attached hydrogens (tertiary/aromatic N) is 2. The Bertz CT molecular complexity index is 1160. The zero-order valence-electron chi connectivity index (χ0n) is 18.6. The largest absolute Gasteiger partial charge is 0.508 e. The van der Waals surface area contributed by atoms with Crippen molar-refractivity contribution in [2.45, 2.75) is 51.1 Å². The summed E-state index contributed by atoms with van der Waals surface area (Å²) in [6.45, 7) is 2.04. The number of benzene rings is 2. The Hall–Kier alpha value is -2.61. The molecule has 2 N–H and O–H groups in total. The summed E-state index contributed by atoms with van der Waals surface area (Å²) in [6.07, 6.45) is 4.76. The van der Waals surface area contributed by atoms with Crippen LogP contribution in [0.2, 0.25) is 9.36 Å². The van der Waals surface area contributed by atoms with Gasteiger partial charge in [0.05, 0.1) is 0 Å². The lowest BCUT2D eigenvalue weighted by atomic mass is 10.0. The minimum atomic E-state index is -1.00. The zero-order chi connectivity index (χ0) is 24.2. The Balaban J connectivity index is 1.83. The lowest BCUT2D eigenvalue weighted by molar-refractivity contribution is -0.123. The molecule has 1 aromatic heterocycles. The van der Waals surface area contributed by atoms with Crippen LogP contribution in [0, 0.1) is 0 Å². The molecule has 2 aromatic carbocycles. The summed E-state index contributed by atoms with van der Waals surface area (Å²) in [5.41, 5.74) is 2.18. The van der Waals surface area contributed by atoms with Gasteiger partial charge in [-0.05, 0) is 66.2 Å². The molecule has 0 aliphatic heterocycles. The summed E-state index contributed by atoms with van der Waals surface area (Å²) < 4.78 is 4.37. The fraction of sp³-hybridized carbons (Fsp3) is 0.320. The van der Waals surface area contributed by atoms with Crippen molar-refractivity contribution in [3.63, 3.8) is 0 Å². The van der Waals surface area contributed by atoms with Crippen molar-refractivity contribution in [3.8, 4) is 5.75 Å². The van der Waals surface area contributed by atoms with Gasteiger partial charge in [0.1, 0.15) is 21.2 Å². The molecular weight excluding hydrogens is 493 g/mol. The van der Waals surface area contributed by atoms with Gasteiger partial charge in [-0.1, -0.05) is 67.2 Å². The Morgan fingerprint density at radius 2 is 1.76 bits per heavy atom. The third kappa shape index (κ3) is 5.22. The summed E-state index contributed by atoms with van der Waals surface area (Å²) in [4.78, 5) is 29.0. The highest BCUT2D eigenvalue weighted by Gasteiger charge is 2.36. The van der Waals surface area contributed by atoms with E-state index >= 15 is 0 Å². The maximum atomic E-state index is 13.9. The van der Waals surface area contributed by atoms with Crippen LogP contribution in [0.4, 0.5) is 5.69 Å².